The van der Waals surface area contributed by atoms with Gasteiger partial charge in [-0.05, 0) is 22.6 Å². The van der Waals surface area contributed by atoms with Crippen LogP contribution in [-0.2, 0) is 9.05 Å². The molecule has 0 radical (unpaired) electrons. The van der Waals surface area contributed by atoms with Crippen LogP contribution in [0.5, 0.6) is 0 Å². The summed E-state index contributed by atoms with van der Waals surface area (Å²) < 4.78 is 34.1. The van der Waals surface area contributed by atoms with Crippen molar-refractivity contribution in [1.82, 2.24) is 4.98 Å². The zero-order valence-corrected chi connectivity index (χ0v) is 9.19. The van der Waals surface area contributed by atoms with Crippen molar-refractivity contribution in [1.29, 1.82) is 0 Å². The predicted molar refractivity (Wildman–Crippen MR) is 50.0 cm³/mol. The van der Waals surface area contributed by atoms with Crippen molar-refractivity contribution in [3.63, 3.8) is 0 Å². The molecule has 1 aromatic heterocycles. The summed E-state index contributed by atoms with van der Waals surface area (Å²) >= 11 is 1.67. The van der Waals surface area contributed by atoms with Crippen LogP contribution in [-0.4, -0.2) is 13.4 Å². The molecule has 0 aliphatic rings. The van der Waals surface area contributed by atoms with Gasteiger partial charge in [0.2, 0.25) is 5.95 Å². The number of nitrogens with zero attached hydrogens (tertiary/aromatic N) is 1. The number of rotatable bonds is 1. The molecule has 0 amide bonds. The lowest BCUT2D eigenvalue weighted by Crippen LogP contribution is -1.97. The smallest absolute Gasteiger partial charge is 0.227 e. The van der Waals surface area contributed by atoms with Crippen molar-refractivity contribution in [2.75, 3.05) is 0 Å². The second-order valence-electron chi connectivity index (χ2n) is 1.88. The minimum absolute atomic E-state index is 0.175. The van der Waals surface area contributed by atoms with E-state index in [9.17, 15) is 12.8 Å². The van der Waals surface area contributed by atoms with Crippen molar-refractivity contribution in [3.05, 3.63) is 21.8 Å². The van der Waals surface area contributed by atoms with Gasteiger partial charge in [-0.25, -0.2) is 13.4 Å². The standard InChI is InChI=1S/C5H2ClFINO2S/c6-12(10,11)4-2-9-5(7)1-3(4)8/h1-2H. The van der Waals surface area contributed by atoms with Crippen LogP contribution < -0.4 is 0 Å². The highest BCUT2D eigenvalue weighted by molar-refractivity contribution is 14.1. The summed E-state index contributed by atoms with van der Waals surface area (Å²) in [4.78, 5) is 3.00. The van der Waals surface area contributed by atoms with Gasteiger partial charge in [0.1, 0.15) is 4.90 Å². The van der Waals surface area contributed by atoms with Gasteiger partial charge in [0.05, 0.1) is 6.20 Å². The van der Waals surface area contributed by atoms with Crippen molar-refractivity contribution in [2.24, 2.45) is 0 Å². The fourth-order valence-corrected chi connectivity index (χ4v) is 3.07. The SMILES string of the molecule is O=S(=O)(Cl)c1cnc(F)cc1I. The molecule has 12 heavy (non-hydrogen) atoms. The van der Waals surface area contributed by atoms with E-state index in [2.05, 4.69) is 4.98 Å². The lowest BCUT2D eigenvalue weighted by atomic mass is 10.5. The molecule has 0 N–H and O–H groups in total. The lowest BCUT2D eigenvalue weighted by molar-refractivity contribution is 0.576. The minimum Gasteiger partial charge on any atom is -0.227 e. The maximum Gasteiger partial charge on any atom is 0.263 e. The molecule has 0 aliphatic heterocycles. The van der Waals surface area contributed by atoms with Crippen LogP contribution in [0.25, 0.3) is 0 Å². The van der Waals surface area contributed by atoms with E-state index in [1.807, 2.05) is 0 Å². The molecule has 0 atom stereocenters. The highest BCUT2D eigenvalue weighted by Gasteiger charge is 2.15. The van der Waals surface area contributed by atoms with Gasteiger partial charge < -0.3 is 0 Å². The van der Waals surface area contributed by atoms with Gasteiger partial charge in [-0.2, -0.15) is 4.39 Å². The zero-order valence-electron chi connectivity index (χ0n) is 5.46. The second kappa shape index (κ2) is 3.43. The summed E-state index contributed by atoms with van der Waals surface area (Å²) in [6.07, 6.45) is 0.888. The number of halogens is 3. The molecule has 0 aromatic carbocycles. The first-order valence-corrected chi connectivity index (χ1v) is 6.06. The van der Waals surface area contributed by atoms with E-state index < -0.39 is 15.0 Å². The van der Waals surface area contributed by atoms with Gasteiger partial charge in [0, 0.05) is 20.3 Å². The predicted octanol–water partition coefficient (Wildman–Crippen LogP) is 1.75. The molecule has 0 spiro atoms. The van der Waals surface area contributed by atoms with Gasteiger partial charge in [-0.15, -0.1) is 0 Å². The summed E-state index contributed by atoms with van der Waals surface area (Å²) in [5.41, 5.74) is 0. The quantitative estimate of drug-likeness (QED) is 0.450. The lowest BCUT2D eigenvalue weighted by Gasteiger charge is -1.97. The van der Waals surface area contributed by atoms with Crippen molar-refractivity contribution in [2.45, 2.75) is 4.90 Å². The fraction of sp³-hybridized carbons (Fsp3) is 0. The molecule has 1 rings (SSSR count). The third kappa shape index (κ3) is 2.27. The van der Waals surface area contributed by atoms with Crippen LogP contribution in [0, 0.1) is 9.52 Å². The summed E-state index contributed by atoms with van der Waals surface area (Å²) in [7, 11) is 1.21. The van der Waals surface area contributed by atoms with Crippen LogP contribution in [0.1, 0.15) is 0 Å². The molecule has 1 aromatic rings. The van der Waals surface area contributed by atoms with E-state index in [4.69, 9.17) is 10.7 Å². The van der Waals surface area contributed by atoms with Crippen LogP contribution in [0.15, 0.2) is 17.2 Å². The summed E-state index contributed by atoms with van der Waals surface area (Å²) in [6.45, 7) is 0. The van der Waals surface area contributed by atoms with E-state index in [-0.39, 0.29) is 8.47 Å². The Morgan fingerprint density at radius 3 is 2.58 bits per heavy atom. The average Bonchev–Trinajstić information content (AvgIpc) is 1.83. The zero-order chi connectivity index (χ0) is 9.35. The number of hydrogen-bond acceptors (Lipinski definition) is 3. The highest BCUT2D eigenvalue weighted by atomic mass is 127. The molecule has 0 bridgehead atoms. The Hall–Kier alpha value is 0.0500. The molecule has 7 heteroatoms. The number of hydrogen-bond donors (Lipinski definition) is 0. The molecular weight excluding hydrogens is 319 g/mol. The van der Waals surface area contributed by atoms with Gasteiger partial charge >= 0.3 is 0 Å². The van der Waals surface area contributed by atoms with Crippen LogP contribution >= 0.6 is 33.3 Å². The van der Waals surface area contributed by atoms with Gasteiger partial charge in [-0.3, -0.25) is 0 Å². The van der Waals surface area contributed by atoms with E-state index in [1.165, 1.54) is 0 Å². The Morgan fingerprint density at radius 1 is 1.58 bits per heavy atom. The van der Waals surface area contributed by atoms with E-state index >= 15 is 0 Å². The first-order valence-electron chi connectivity index (χ1n) is 2.67. The minimum atomic E-state index is -3.81. The first-order chi connectivity index (χ1) is 5.41. The summed E-state index contributed by atoms with van der Waals surface area (Å²) in [5, 5.41) is 0. The Kier molecular flexibility index (Phi) is 2.89. The molecule has 1 heterocycles. The highest BCUT2D eigenvalue weighted by Crippen LogP contribution is 2.20. The van der Waals surface area contributed by atoms with Crippen molar-refractivity contribution in [3.8, 4) is 0 Å². The first kappa shape index (κ1) is 10.1. The molecule has 0 unspecified atom stereocenters. The average molecular weight is 321 g/mol. The molecule has 0 saturated carbocycles. The van der Waals surface area contributed by atoms with Gasteiger partial charge in [0.25, 0.3) is 9.05 Å². The van der Waals surface area contributed by atoms with E-state index in [0.717, 1.165) is 12.3 Å². The third-order valence-electron chi connectivity index (χ3n) is 1.05. The topological polar surface area (TPSA) is 47.0 Å². The monoisotopic (exact) mass is 321 g/mol. The number of pyridine rings is 1. The largest absolute Gasteiger partial charge is 0.263 e. The van der Waals surface area contributed by atoms with Crippen LogP contribution in [0.3, 0.4) is 0 Å². The molecular formula is C5H2ClFINO2S. The van der Waals surface area contributed by atoms with Crippen molar-refractivity contribution >= 4 is 42.3 Å². The third-order valence-corrected chi connectivity index (χ3v) is 3.66. The summed E-state index contributed by atoms with van der Waals surface area (Å²) in [5.74, 6) is -0.733. The molecule has 0 fully saturated rings. The Balaban J connectivity index is 3.39. The van der Waals surface area contributed by atoms with Crippen LogP contribution in [0.4, 0.5) is 4.39 Å². The Morgan fingerprint density at radius 2 is 2.17 bits per heavy atom. The Bertz CT molecular complexity index is 408. The van der Waals surface area contributed by atoms with Gasteiger partial charge in [-0.1, -0.05) is 0 Å². The maximum atomic E-state index is 12.4. The molecule has 66 valence electrons. The normalized spacial score (nSPS) is 11.6. The maximum absolute atomic E-state index is 12.4. The van der Waals surface area contributed by atoms with Crippen molar-refractivity contribution < 1.29 is 12.8 Å². The second-order valence-corrected chi connectivity index (χ2v) is 5.57. The van der Waals surface area contributed by atoms with Gasteiger partial charge in [0.15, 0.2) is 0 Å². The van der Waals surface area contributed by atoms with E-state index in [0.29, 0.717) is 0 Å². The van der Waals surface area contributed by atoms with Crippen LogP contribution in [0.2, 0.25) is 0 Å². The van der Waals surface area contributed by atoms with E-state index in [1.54, 1.807) is 22.6 Å². The molecule has 3 nitrogen and oxygen atoms in total. The Labute approximate surface area is 86.5 Å². The molecule has 0 saturated heterocycles. The fourth-order valence-electron chi connectivity index (χ4n) is 0.574. The number of aromatic nitrogens is 1. The summed E-state index contributed by atoms with van der Waals surface area (Å²) in [6, 6.07) is 0.996. The molecule has 0 aliphatic carbocycles.